The zero-order valence-electron chi connectivity index (χ0n) is 9.82. The predicted molar refractivity (Wildman–Crippen MR) is 68.6 cm³/mol. The predicted octanol–water partition coefficient (Wildman–Crippen LogP) is 1.21. The van der Waals surface area contributed by atoms with E-state index in [2.05, 4.69) is 14.9 Å². The van der Waals surface area contributed by atoms with Crippen LogP contribution in [0.25, 0.3) is 0 Å². The summed E-state index contributed by atoms with van der Waals surface area (Å²) in [5.41, 5.74) is 0.426. The summed E-state index contributed by atoms with van der Waals surface area (Å²) >= 11 is 1.45. The molecule has 102 valence electrons. The van der Waals surface area contributed by atoms with Crippen LogP contribution >= 0.6 is 11.3 Å². The van der Waals surface area contributed by atoms with E-state index in [4.69, 9.17) is 5.11 Å². The normalized spacial score (nSPS) is 13.3. The Morgan fingerprint density at radius 1 is 1.58 bits per heavy atom. The third-order valence-electron chi connectivity index (χ3n) is 2.48. The van der Waals surface area contributed by atoms with Gasteiger partial charge in [-0.1, -0.05) is 0 Å². The molecule has 0 radical (unpaired) electrons. The van der Waals surface area contributed by atoms with Crippen molar-refractivity contribution in [2.75, 3.05) is 0 Å². The number of hydrogen-bond acceptors (Lipinski definition) is 5. The first kappa shape index (κ1) is 13.7. The molecule has 0 amide bonds. The van der Waals surface area contributed by atoms with E-state index >= 15 is 0 Å². The first-order valence-corrected chi connectivity index (χ1v) is 7.65. The second-order valence-electron chi connectivity index (χ2n) is 3.82. The molecule has 0 aromatic carbocycles. The van der Waals surface area contributed by atoms with Crippen LogP contribution in [0.1, 0.15) is 28.9 Å². The highest BCUT2D eigenvalue weighted by atomic mass is 32.2. The average Bonchev–Trinajstić information content (AvgIpc) is 3.00. The molecule has 0 fully saturated rings. The van der Waals surface area contributed by atoms with Crippen molar-refractivity contribution in [2.24, 2.45) is 0 Å². The molecule has 0 bridgehead atoms. The van der Waals surface area contributed by atoms with Gasteiger partial charge in [0.1, 0.15) is 5.56 Å². The SMILES string of the molecule is CC(NS(=O)(=O)c1[nH]ncc1C(=O)O)c1ccsc1. The highest BCUT2D eigenvalue weighted by molar-refractivity contribution is 7.89. The number of aromatic amines is 1. The molecule has 2 aromatic rings. The van der Waals surface area contributed by atoms with Gasteiger partial charge in [-0.05, 0) is 29.3 Å². The van der Waals surface area contributed by atoms with Gasteiger partial charge in [0.25, 0.3) is 10.0 Å². The number of thiophene rings is 1. The fraction of sp³-hybridized carbons (Fsp3) is 0.200. The molecule has 1 atom stereocenters. The van der Waals surface area contributed by atoms with Crippen LogP contribution in [-0.4, -0.2) is 29.7 Å². The lowest BCUT2D eigenvalue weighted by Gasteiger charge is -2.12. The molecule has 0 aliphatic rings. The van der Waals surface area contributed by atoms with Gasteiger partial charge in [0, 0.05) is 6.04 Å². The molecule has 0 aliphatic carbocycles. The van der Waals surface area contributed by atoms with Crippen molar-refractivity contribution in [3.63, 3.8) is 0 Å². The number of carboxylic acids is 1. The summed E-state index contributed by atoms with van der Waals surface area (Å²) in [5.74, 6) is -1.35. The van der Waals surface area contributed by atoms with Crippen LogP contribution < -0.4 is 4.72 Å². The molecule has 3 N–H and O–H groups in total. The van der Waals surface area contributed by atoms with E-state index in [9.17, 15) is 13.2 Å². The summed E-state index contributed by atoms with van der Waals surface area (Å²) < 4.78 is 26.6. The molecule has 0 aliphatic heterocycles. The zero-order valence-corrected chi connectivity index (χ0v) is 11.5. The van der Waals surface area contributed by atoms with E-state index in [0.717, 1.165) is 11.8 Å². The molecule has 9 heteroatoms. The summed E-state index contributed by atoms with van der Waals surface area (Å²) in [6.45, 7) is 1.68. The number of nitrogens with zero attached hydrogens (tertiary/aromatic N) is 1. The second-order valence-corrected chi connectivity index (χ2v) is 6.25. The van der Waals surface area contributed by atoms with Crippen molar-refractivity contribution in [3.05, 3.63) is 34.2 Å². The average molecular weight is 301 g/mol. The van der Waals surface area contributed by atoms with Gasteiger partial charge >= 0.3 is 5.97 Å². The standard InChI is InChI=1S/C10H11N3O4S2/c1-6(7-2-3-18-5-7)13-19(16,17)9-8(10(14)15)4-11-12-9/h2-6,13H,1H3,(H,11,12)(H,14,15). The number of aromatic carboxylic acids is 1. The van der Waals surface area contributed by atoms with Gasteiger partial charge in [-0.2, -0.15) is 16.4 Å². The quantitative estimate of drug-likeness (QED) is 0.768. The molecule has 2 heterocycles. The lowest BCUT2D eigenvalue weighted by molar-refractivity contribution is 0.0692. The Balaban J connectivity index is 2.28. The Morgan fingerprint density at radius 3 is 2.89 bits per heavy atom. The summed E-state index contributed by atoms with van der Waals surface area (Å²) in [6, 6.07) is 1.34. The summed E-state index contributed by atoms with van der Waals surface area (Å²) in [7, 11) is -3.96. The molecule has 19 heavy (non-hydrogen) atoms. The minimum absolute atomic E-state index is 0.384. The molecule has 1 unspecified atom stereocenters. The third kappa shape index (κ3) is 2.83. The van der Waals surface area contributed by atoms with Crippen LogP contribution in [-0.2, 0) is 10.0 Å². The monoisotopic (exact) mass is 301 g/mol. The molecule has 0 saturated carbocycles. The van der Waals surface area contributed by atoms with Crippen LogP contribution in [0.3, 0.4) is 0 Å². The maximum Gasteiger partial charge on any atom is 0.340 e. The van der Waals surface area contributed by atoms with Crippen LogP contribution in [0.4, 0.5) is 0 Å². The summed E-state index contributed by atoms with van der Waals surface area (Å²) in [5, 5.41) is 17.7. The Labute approximate surface area is 113 Å². The smallest absolute Gasteiger partial charge is 0.340 e. The van der Waals surface area contributed by atoms with Gasteiger partial charge in [-0.15, -0.1) is 0 Å². The number of nitrogens with one attached hydrogen (secondary N) is 2. The number of carboxylic acid groups (broad SMARTS) is 1. The van der Waals surface area contributed by atoms with Gasteiger partial charge in [0.15, 0.2) is 5.03 Å². The number of rotatable bonds is 5. The molecular formula is C10H11N3O4S2. The number of carbonyl (C=O) groups is 1. The molecule has 2 aromatic heterocycles. The van der Waals surface area contributed by atoms with E-state index in [0.29, 0.717) is 0 Å². The topological polar surface area (TPSA) is 112 Å². The third-order valence-corrected chi connectivity index (χ3v) is 4.69. The van der Waals surface area contributed by atoms with Crippen molar-refractivity contribution < 1.29 is 18.3 Å². The minimum Gasteiger partial charge on any atom is -0.478 e. The maximum absolute atomic E-state index is 12.1. The van der Waals surface area contributed by atoms with Crippen LogP contribution in [0, 0.1) is 0 Å². The summed E-state index contributed by atoms with van der Waals surface area (Å²) in [4.78, 5) is 10.9. The van der Waals surface area contributed by atoms with Crippen molar-refractivity contribution in [2.45, 2.75) is 18.0 Å². The number of H-pyrrole nitrogens is 1. The van der Waals surface area contributed by atoms with Crippen molar-refractivity contribution >= 4 is 27.3 Å². The fourth-order valence-corrected chi connectivity index (χ4v) is 3.59. The van der Waals surface area contributed by atoms with Crippen molar-refractivity contribution in [1.29, 1.82) is 0 Å². The fourth-order valence-electron chi connectivity index (χ4n) is 1.51. The lowest BCUT2D eigenvalue weighted by Crippen LogP contribution is -2.28. The highest BCUT2D eigenvalue weighted by Crippen LogP contribution is 2.19. The molecule has 7 nitrogen and oxygen atoms in total. The number of hydrogen-bond donors (Lipinski definition) is 3. The highest BCUT2D eigenvalue weighted by Gasteiger charge is 2.26. The van der Waals surface area contributed by atoms with E-state index < -0.39 is 27.1 Å². The van der Waals surface area contributed by atoms with Crippen molar-refractivity contribution in [1.82, 2.24) is 14.9 Å². The lowest BCUT2D eigenvalue weighted by atomic mass is 10.2. The minimum atomic E-state index is -3.96. The second kappa shape index (κ2) is 5.11. The first-order valence-electron chi connectivity index (χ1n) is 5.23. The van der Waals surface area contributed by atoms with Crippen LogP contribution in [0.2, 0.25) is 0 Å². The van der Waals surface area contributed by atoms with Gasteiger partial charge in [0.05, 0.1) is 6.20 Å². The van der Waals surface area contributed by atoms with E-state index in [-0.39, 0.29) is 5.56 Å². The maximum atomic E-state index is 12.1. The summed E-state index contributed by atoms with van der Waals surface area (Å²) in [6.07, 6.45) is 0.964. The van der Waals surface area contributed by atoms with Gasteiger partial charge in [0.2, 0.25) is 0 Å². The van der Waals surface area contributed by atoms with Gasteiger partial charge in [-0.3, -0.25) is 5.10 Å². The van der Waals surface area contributed by atoms with E-state index in [1.54, 1.807) is 13.0 Å². The molecule has 0 spiro atoms. The Bertz CT molecular complexity index is 675. The first-order chi connectivity index (χ1) is 8.92. The number of sulfonamides is 1. The molecule has 0 saturated heterocycles. The van der Waals surface area contributed by atoms with Gasteiger partial charge in [-0.25, -0.2) is 17.9 Å². The van der Waals surface area contributed by atoms with E-state index in [1.807, 2.05) is 10.8 Å². The zero-order chi connectivity index (χ0) is 14.0. The Kier molecular flexibility index (Phi) is 3.69. The Morgan fingerprint density at radius 2 is 2.32 bits per heavy atom. The van der Waals surface area contributed by atoms with Gasteiger partial charge < -0.3 is 5.11 Å². The van der Waals surface area contributed by atoms with Crippen molar-refractivity contribution in [3.8, 4) is 0 Å². The van der Waals surface area contributed by atoms with Crippen LogP contribution in [0.5, 0.6) is 0 Å². The Hall–Kier alpha value is -1.71. The largest absolute Gasteiger partial charge is 0.478 e. The molecule has 2 rings (SSSR count). The molecular weight excluding hydrogens is 290 g/mol. The van der Waals surface area contributed by atoms with E-state index in [1.165, 1.54) is 11.3 Å². The number of aromatic nitrogens is 2. The van der Waals surface area contributed by atoms with Crippen LogP contribution in [0.15, 0.2) is 28.0 Å².